The highest BCUT2D eigenvalue weighted by atomic mass is 16.6. The van der Waals surface area contributed by atoms with Crippen molar-refractivity contribution in [2.45, 2.75) is 18.5 Å². The lowest BCUT2D eigenvalue weighted by molar-refractivity contribution is -0.384. The molecule has 1 aromatic heterocycles. The zero-order chi connectivity index (χ0) is 17.6. The zero-order valence-corrected chi connectivity index (χ0v) is 13.1. The van der Waals surface area contributed by atoms with Gasteiger partial charge in [-0.1, -0.05) is 30.3 Å². The average molecular weight is 337 g/mol. The number of carboxylic acids is 1. The van der Waals surface area contributed by atoms with Crippen LogP contribution in [0.25, 0.3) is 10.9 Å². The molecule has 3 N–H and O–H groups in total. The molecule has 2 heterocycles. The fourth-order valence-electron chi connectivity index (χ4n) is 3.47. The number of carboxylic acid groups (broad SMARTS) is 1. The molecule has 7 nitrogen and oxygen atoms in total. The number of aliphatic carboxylic acids is 1. The third kappa shape index (κ3) is 2.54. The maximum absolute atomic E-state index is 11.6. The third-order valence-electron chi connectivity index (χ3n) is 4.62. The van der Waals surface area contributed by atoms with Gasteiger partial charge in [0.15, 0.2) is 0 Å². The van der Waals surface area contributed by atoms with E-state index in [0.717, 1.165) is 22.2 Å². The molecular formula is C18H15N3O4. The molecular weight excluding hydrogens is 322 g/mol. The molecule has 2 atom stereocenters. The highest BCUT2D eigenvalue weighted by Crippen LogP contribution is 2.35. The molecule has 3 aromatic rings. The second-order valence-electron chi connectivity index (χ2n) is 6.11. The summed E-state index contributed by atoms with van der Waals surface area (Å²) in [5.74, 6) is -0.939. The van der Waals surface area contributed by atoms with Crippen molar-refractivity contribution in [2.24, 2.45) is 0 Å². The number of H-pyrrole nitrogens is 1. The van der Waals surface area contributed by atoms with Crippen LogP contribution in [0.2, 0.25) is 0 Å². The SMILES string of the molecule is O=C(O)[C@@H]1Cc2c([nH]c3ccccc23)C(c2cccc([N+](=O)[O-])c2)N1. The minimum Gasteiger partial charge on any atom is -0.480 e. The van der Waals surface area contributed by atoms with E-state index in [9.17, 15) is 20.0 Å². The van der Waals surface area contributed by atoms with Crippen LogP contribution >= 0.6 is 0 Å². The maximum atomic E-state index is 11.6. The molecule has 0 amide bonds. The number of fused-ring (bicyclic) bond motifs is 3. The summed E-state index contributed by atoms with van der Waals surface area (Å²) in [6.07, 6.45) is 0.361. The number of nitro benzene ring substituents is 1. The highest BCUT2D eigenvalue weighted by molar-refractivity contribution is 5.87. The Balaban J connectivity index is 1.89. The van der Waals surface area contributed by atoms with Gasteiger partial charge in [-0.2, -0.15) is 0 Å². The Bertz CT molecular complexity index is 995. The molecule has 0 spiro atoms. The van der Waals surface area contributed by atoms with Gasteiger partial charge < -0.3 is 10.1 Å². The van der Waals surface area contributed by atoms with Crippen LogP contribution < -0.4 is 5.32 Å². The van der Waals surface area contributed by atoms with E-state index in [0.29, 0.717) is 12.0 Å². The van der Waals surface area contributed by atoms with Gasteiger partial charge in [-0.05, 0) is 17.2 Å². The summed E-state index contributed by atoms with van der Waals surface area (Å²) >= 11 is 0. The lowest BCUT2D eigenvalue weighted by atomic mass is 9.90. The van der Waals surface area contributed by atoms with Gasteiger partial charge in [0.05, 0.1) is 11.0 Å². The number of carbonyl (C=O) groups is 1. The van der Waals surface area contributed by atoms with Crippen molar-refractivity contribution in [3.05, 3.63) is 75.5 Å². The monoisotopic (exact) mass is 337 g/mol. The topological polar surface area (TPSA) is 108 Å². The normalized spacial score (nSPS) is 19.5. The van der Waals surface area contributed by atoms with Crippen molar-refractivity contribution in [1.82, 2.24) is 10.3 Å². The first-order valence-corrected chi connectivity index (χ1v) is 7.87. The molecule has 0 bridgehead atoms. The smallest absolute Gasteiger partial charge is 0.321 e. The summed E-state index contributed by atoms with van der Waals surface area (Å²) in [6, 6.07) is 12.8. The van der Waals surface area contributed by atoms with E-state index in [4.69, 9.17) is 0 Å². The van der Waals surface area contributed by atoms with Crippen molar-refractivity contribution in [1.29, 1.82) is 0 Å². The maximum Gasteiger partial charge on any atom is 0.321 e. The van der Waals surface area contributed by atoms with Crippen molar-refractivity contribution < 1.29 is 14.8 Å². The predicted molar refractivity (Wildman–Crippen MR) is 91.5 cm³/mol. The van der Waals surface area contributed by atoms with Crippen LogP contribution in [0.5, 0.6) is 0 Å². The van der Waals surface area contributed by atoms with E-state index in [1.165, 1.54) is 12.1 Å². The molecule has 0 fully saturated rings. The molecule has 2 aromatic carbocycles. The molecule has 0 saturated heterocycles. The molecule has 1 aliphatic rings. The minimum absolute atomic E-state index is 0.0191. The van der Waals surface area contributed by atoms with E-state index in [-0.39, 0.29) is 5.69 Å². The summed E-state index contributed by atoms with van der Waals surface area (Å²) < 4.78 is 0. The standard InChI is InChI=1S/C18H15N3O4/c22-18(23)15-9-13-12-6-1-2-7-14(12)19-17(13)16(20-15)10-4-3-5-11(8-10)21(24)25/h1-8,15-16,19-20H,9H2,(H,22,23)/t15-,16?/m0/s1. The number of nitro groups is 1. The van der Waals surface area contributed by atoms with E-state index < -0.39 is 23.0 Å². The molecule has 4 rings (SSSR count). The van der Waals surface area contributed by atoms with E-state index in [2.05, 4.69) is 10.3 Å². The molecule has 126 valence electrons. The molecule has 0 saturated carbocycles. The second-order valence-corrected chi connectivity index (χ2v) is 6.11. The van der Waals surface area contributed by atoms with Crippen molar-refractivity contribution in [2.75, 3.05) is 0 Å². The summed E-state index contributed by atoms with van der Waals surface area (Å²) in [5, 5.41) is 24.7. The van der Waals surface area contributed by atoms with Gasteiger partial charge in [0, 0.05) is 35.2 Å². The third-order valence-corrected chi connectivity index (χ3v) is 4.62. The number of aromatic nitrogens is 1. The number of rotatable bonds is 3. The first-order valence-electron chi connectivity index (χ1n) is 7.87. The van der Waals surface area contributed by atoms with Crippen molar-refractivity contribution in [3.8, 4) is 0 Å². The molecule has 0 aliphatic carbocycles. The van der Waals surface area contributed by atoms with E-state index >= 15 is 0 Å². The number of benzene rings is 2. The number of hydrogen-bond donors (Lipinski definition) is 3. The first-order chi connectivity index (χ1) is 12.0. The quantitative estimate of drug-likeness (QED) is 0.503. The summed E-state index contributed by atoms with van der Waals surface area (Å²) in [5.41, 5.74) is 3.37. The van der Waals surface area contributed by atoms with E-state index in [1.807, 2.05) is 24.3 Å². The first kappa shape index (κ1) is 15.3. The summed E-state index contributed by atoms with van der Waals surface area (Å²) in [6.45, 7) is 0. The second kappa shape index (κ2) is 5.71. The molecule has 1 unspecified atom stereocenters. The number of nitrogens with zero attached hydrogens (tertiary/aromatic N) is 1. The van der Waals surface area contributed by atoms with E-state index in [1.54, 1.807) is 12.1 Å². The Labute approximate surface area is 142 Å². The Morgan fingerprint density at radius 1 is 1.20 bits per heavy atom. The van der Waals surface area contributed by atoms with Gasteiger partial charge in [-0.25, -0.2) is 0 Å². The van der Waals surface area contributed by atoms with Gasteiger partial charge >= 0.3 is 5.97 Å². The molecule has 1 aliphatic heterocycles. The Morgan fingerprint density at radius 3 is 2.76 bits per heavy atom. The number of non-ortho nitro benzene ring substituents is 1. The lowest BCUT2D eigenvalue weighted by Crippen LogP contribution is -2.44. The Kier molecular flexibility index (Phi) is 3.51. The molecule has 0 radical (unpaired) electrons. The number of nitrogens with one attached hydrogen (secondary N) is 2. The fourth-order valence-corrected chi connectivity index (χ4v) is 3.47. The van der Waals surface area contributed by atoms with Crippen molar-refractivity contribution >= 4 is 22.6 Å². The number of para-hydroxylation sites is 1. The van der Waals surface area contributed by atoms with Crippen LogP contribution in [0.15, 0.2) is 48.5 Å². The van der Waals surface area contributed by atoms with Crippen molar-refractivity contribution in [3.63, 3.8) is 0 Å². The van der Waals surface area contributed by atoms with Crippen LogP contribution in [-0.2, 0) is 11.2 Å². The summed E-state index contributed by atoms with van der Waals surface area (Å²) in [4.78, 5) is 25.6. The fraction of sp³-hybridized carbons (Fsp3) is 0.167. The minimum atomic E-state index is -0.939. The van der Waals surface area contributed by atoms with Gasteiger partial charge in [-0.3, -0.25) is 20.2 Å². The van der Waals surface area contributed by atoms with Crippen LogP contribution in [0, 0.1) is 10.1 Å². The lowest BCUT2D eigenvalue weighted by Gasteiger charge is -2.29. The summed E-state index contributed by atoms with van der Waals surface area (Å²) in [7, 11) is 0. The van der Waals surface area contributed by atoms with Gasteiger partial charge in [-0.15, -0.1) is 0 Å². The Morgan fingerprint density at radius 2 is 2.00 bits per heavy atom. The average Bonchev–Trinajstić information content (AvgIpc) is 2.99. The van der Waals surface area contributed by atoms with Crippen LogP contribution in [0.1, 0.15) is 22.9 Å². The van der Waals surface area contributed by atoms with Gasteiger partial charge in [0.25, 0.3) is 5.69 Å². The van der Waals surface area contributed by atoms with Crippen LogP contribution in [-0.4, -0.2) is 27.0 Å². The van der Waals surface area contributed by atoms with Crippen LogP contribution in [0.3, 0.4) is 0 Å². The van der Waals surface area contributed by atoms with Gasteiger partial charge in [0.2, 0.25) is 0 Å². The number of hydrogen-bond acceptors (Lipinski definition) is 4. The largest absolute Gasteiger partial charge is 0.480 e. The number of aromatic amines is 1. The Hall–Kier alpha value is -3.19. The zero-order valence-electron chi connectivity index (χ0n) is 13.1. The van der Waals surface area contributed by atoms with Crippen LogP contribution in [0.4, 0.5) is 5.69 Å². The molecule has 7 heteroatoms. The predicted octanol–water partition coefficient (Wildman–Crippen LogP) is 2.76. The van der Waals surface area contributed by atoms with Gasteiger partial charge in [0.1, 0.15) is 6.04 Å². The highest BCUT2D eigenvalue weighted by Gasteiger charge is 2.34. The molecule has 25 heavy (non-hydrogen) atoms.